The lowest BCUT2D eigenvalue weighted by atomic mass is 9.71. The van der Waals surface area contributed by atoms with Crippen molar-refractivity contribution in [1.82, 2.24) is 4.90 Å². The summed E-state index contributed by atoms with van der Waals surface area (Å²) in [5, 5.41) is 4.34. The third-order valence-electron chi connectivity index (χ3n) is 9.21. The number of hydrogen-bond acceptors (Lipinski definition) is 4. The van der Waals surface area contributed by atoms with Gasteiger partial charge in [-0.25, -0.2) is 0 Å². The van der Waals surface area contributed by atoms with Crippen molar-refractivity contribution in [3.05, 3.63) is 58.6 Å². The standard InChI is InChI=1S/C29H35ClN2O2/c1-34-28(33)22-3-2-10-32(18-22)17-19-4-7-25(8-5-19)31-27-9-6-23(14-26(27)30)29-15-20-11-21(16-29)13-24(29)12-20/h4-9,14,20-22,24,31H,2-3,10-13,15-18H2,1H3. The lowest BCUT2D eigenvalue weighted by Gasteiger charge is -2.34. The first kappa shape index (κ1) is 22.4. The van der Waals surface area contributed by atoms with E-state index in [-0.39, 0.29) is 11.9 Å². The summed E-state index contributed by atoms with van der Waals surface area (Å²) in [5.41, 5.74) is 5.15. The fourth-order valence-electron chi connectivity index (χ4n) is 7.86. The van der Waals surface area contributed by atoms with Gasteiger partial charge in [-0.2, -0.15) is 0 Å². The molecule has 5 fully saturated rings. The van der Waals surface area contributed by atoms with Crippen LogP contribution in [0.25, 0.3) is 0 Å². The molecule has 0 spiro atoms. The summed E-state index contributed by atoms with van der Waals surface area (Å²) in [6.07, 6.45) is 9.03. The third-order valence-corrected chi connectivity index (χ3v) is 9.53. The molecule has 4 nitrogen and oxygen atoms in total. The van der Waals surface area contributed by atoms with Crippen molar-refractivity contribution in [2.75, 3.05) is 25.5 Å². The monoisotopic (exact) mass is 478 g/mol. The molecular formula is C29H35ClN2O2. The molecule has 1 heterocycles. The normalized spacial score (nSPS) is 32.2. The van der Waals surface area contributed by atoms with Crippen molar-refractivity contribution in [1.29, 1.82) is 0 Å². The Morgan fingerprint density at radius 2 is 1.88 bits per heavy atom. The molecule has 2 aromatic rings. The van der Waals surface area contributed by atoms with Crippen LogP contribution in [0.1, 0.15) is 56.1 Å². The summed E-state index contributed by atoms with van der Waals surface area (Å²) >= 11 is 6.80. The van der Waals surface area contributed by atoms with Crippen LogP contribution in [-0.2, 0) is 21.5 Å². The van der Waals surface area contributed by atoms with E-state index in [9.17, 15) is 4.79 Å². The number of carbonyl (C=O) groups excluding carboxylic acids is 1. The molecular weight excluding hydrogens is 444 g/mol. The van der Waals surface area contributed by atoms with Gasteiger partial charge in [0, 0.05) is 18.8 Å². The van der Waals surface area contributed by atoms with Crippen molar-refractivity contribution < 1.29 is 9.53 Å². The van der Waals surface area contributed by atoms with E-state index in [1.807, 2.05) is 0 Å². The molecule has 7 rings (SSSR count). The maximum absolute atomic E-state index is 11.9. The fourth-order valence-corrected chi connectivity index (χ4v) is 8.09. The molecule has 5 heteroatoms. The van der Waals surface area contributed by atoms with E-state index in [1.165, 1.54) is 50.3 Å². The Bertz CT molecular complexity index is 1050. The number of piperidine rings is 1. The Labute approximate surface area is 208 Å². The molecule has 180 valence electrons. The quantitative estimate of drug-likeness (QED) is 0.478. The van der Waals surface area contributed by atoms with E-state index < -0.39 is 0 Å². The molecule has 4 bridgehead atoms. The zero-order chi connectivity index (χ0) is 23.3. The average Bonchev–Trinajstić information content (AvgIpc) is 3.25. The third kappa shape index (κ3) is 4.03. The molecule has 0 aromatic heterocycles. The van der Waals surface area contributed by atoms with Gasteiger partial charge in [-0.15, -0.1) is 0 Å². The lowest BCUT2D eigenvalue weighted by Crippen LogP contribution is -2.38. The molecule has 1 N–H and O–H groups in total. The topological polar surface area (TPSA) is 41.6 Å². The molecule has 0 amide bonds. The van der Waals surface area contributed by atoms with E-state index >= 15 is 0 Å². The van der Waals surface area contributed by atoms with Crippen LogP contribution in [0.3, 0.4) is 0 Å². The van der Waals surface area contributed by atoms with Gasteiger partial charge < -0.3 is 10.1 Å². The molecule has 1 saturated heterocycles. The zero-order valence-electron chi connectivity index (χ0n) is 20.1. The number of halogens is 1. The molecule has 2 aromatic carbocycles. The van der Waals surface area contributed by atoms with E-state index in [0.717, 1.165) is 66.6 Å². The van der Waals surface area contributed by atoms with Gasteiger partial charge in [0.15, 0.2) is 0 Å². The first-order valence-electron chi connectivity index (χ1n) is 13.0. The van der Waals surface area contributed by atoms with Gasteiger partial charge in [0.25, 0.3) is 0 Å². The minimum Gasteiger partial charge on any atom is -0.469 e. The number of ether oxygens (including phenoxy) is 1. The Balaban J connectivity index is 1.10. The number of esters is 1. The van der Waals surface area contributed by atoms with Gasteiger partial charge in [-0.05, 0) is 110 Å². The lowest BCUT2D eigenvalue weighted by molar-refractivity contribution is -0.147. The first-order valence-corrected chi connectivity index (χ1v) is 13.4. The van der Waals surface area contributed by atoms with Crippen molar-refractivity contribution in [2.45, 2.75) is 56.9 Å². The van der Waals surface area contributed by atoms with Crippen LogP contribution in [0.2, 0.25) is 5.02 Å². The molecule has 4 aliphatic carbocycles. The summed E-state index contributed by atoms with van der Waals surface area (Å²) < 4.78 is 4.95. The summed E-state index contributed by atoms with van der Waals surface area (Å²) in [6.45, 7) is 2.66. The molecule has 4 saturated carbocycles. The highest BCUT2D eigenvalue weighted by molar-refractivity contribution is 6.33. The number of nitrogens with zero attached hydrogens (tertiary/aromatic N) is 1. The van der Waals surface area contributed by atoms with Crippen LogP contribution < -0.4 is 5.32 Å². The Hall–Kier alpha value is -2.04. The maximum atomic E-state index is 11.9. The SMILES string of the molecule is COC(=O)C1CCCN(Cc2ccc(Nc3ccc(C45CC6CC(CC4C6)C5)cc3Cl)cc2)C1. The van der Waals surface area contributed by atoms with Crippen LogP contribution in [0, 0.1) is 23.7 Å². The van der Waals surface area contributed by atoms with Crippen LogP contribution in [0.15, 0.2) is 42.5 Å². The number of benzene rings is 2. The molecule has 0 radical (unpaired) electrons. The number of rotatable bonds is 6. The van der Waals surface area contributed by atoms with Gasteiger partial charge in [0.05, 0.1) is 23.7 Å². The van der Waals surface area contributed by atoms with Gasteiger partial charge in [-0.1, -0.05) is 29.8 Å². The van der Waals surface area contributed by atoms with Crippen molar-refractivity contribution in [3.8, 4) is 0 Å². The number of anilines is 2. The van der Waals surface area contributed by atoms with Crippen LogP contribution in [-0.4, -0.2) is 31.1 Å². The molecule has 5 aliphatic rings. The highest BCUT2D eigenvalue weighted by atomic mass is 35.5. The largest absolute Gasteiger partial charge is 0.469 e. The highest BCUT2D eigenvalue weighted by Crippen LogP contribution is 2.66. The zero-order valence-corrected chi connectivity index (χ0v) is 20.8. The second kappa shape index (κ2) is 8.87. The Morgan fingerprint density at radius 1 is 1.12 bits per heavy atom. The molecule has 1 aliphatic heterocycles. The van der Waals surface area contributed by atoms with Crippen molar-refractivity contribution >= 4 is 28.9 Å². The van der Waals surface area contributed by atoms with E-state index in [4.69, 9.17) is 16.3 Å². The van der Waals surface area contributed by atoms with Crippen molar-refractivity contribution in [2.24, 2.45) is 23.7 Å². The fraction of sp³-hybridized carbons (Fsp3) is 0.552. The number of nitrogens with one attached hydrogen (secondary N) is 1. The maximum Gasteiger partial charge on any atom is 0.309 e. The Kier molecular flexibility index (Phi) is 5.85. The predicted octanol–water partition coefficient (Wildman–Crippen LogP) is 6.55. The average molecular weight is 479 g/mol. The van der Waals surface area contributed by atoms with E-state index in [0.29, 0.717) is 5.41 Å². The van der Waals surface area contributed by atoms with Gasteiger partial charge >= 0.3 is 5.97 Å². The predicted molar refractivity (Wildman–Crippen MR) is 136 cm³/mol. The smallest absolute Gasteiger partial charge is 0.309 e. The van der Waals surface area contributed by atoms with Gasteiger partial charge in [-0.3, -0.25) is 9.69 Å². The van der Waals surface area contributed by atoms with Crippen LogP contribution in [0.4, 0.5) is 11.4 Å². The number of likely N-dealkylation sites (tertiary alicyclic amines) is 1. The van der Waals surface area contributed by atoms with E-state index in [1.54, 1.807) is 0 Å². The second-order valence-corrected chi connectivity index (χ2v) is 11.7. The van der Waals surface area contributed by atoms with Gasteiger partial charge in [0.1, 0.15) is 0 Å². The van der Waals surface area contributed by atoms with Crippen LogP contribution in [0.5, 0.6) is 0 Å². The van der Waals surface area contributed by atoms with Crippen molar-refractivity contribution in [3.63, 3.8) is 0 Å². The minimum absolute atomic E-state index is 0.00104. The van der Waals surface area contributed by atoms with Gasteiger partial charge in [0.2, 0.25) is 0 Å². The first-order chi connectivity index (χ1) is 16.5. The summed E-state index contributed by atoms with van der Waals surface area (Å²) in [5.74, 6) is 2.69. The minimum atomic E-state index is -0.0834. The second-order valence-electron chi connectivity index (χ2n) is 11.3. The molecule has 3 atom stereocenters. The summed E-state index contributed by atoms with van der Waals surface area (Å²) in [4.78, 5) is 14.3. The number of carbonyl (C=O) groups is 1. The number of hydrogen-bond donors (Lipinski definition) is 1. The van der Waals surface area contributed by atoms with E-state index in [2.05, 4.69) is 52.7 Å². The molecule has 3 unspecified atom stereocenters. The number of methoxy groups -OCH3 is 1. The Morgan fingerprint density at radius 3 is 2.59 bits per heavy atom. The van der Waals surface area contributed by atoms with Crippen LogP contribution >= 0.6 is 11.6 Å². The summed E-state index contributed by atoms with van der Waals surface area (Å²) in [6, 6.07) is 15.3. The highest BCUT2D eigenvalue weighted by Gasteiger charge is 2.58. The summed E-state index contributed by atoms with van der Waals surface area (Å²) in [7, 11) is 1.48. The molecule has 34 heavy (non-hydrogen) atoms.